The van der Waals surface area contributed by atoms with Gasteiger partial charge in [-0.1, -0.05) is 17.7 Å². The summed E-state index contributed by atoms with van der Waals surface area (Å²) in [6.07, 6.45) is 2.10. The molecule has 1 atom stereocenters. The van der Waals surface area contributed by atoms with Gasteiger partial charge in [0, 0.05) is 40.8 Å². The third-order valence-corrected chi connectivity index (χ3v) is 7.32. The normalized spacial score (nSPS) is 16.5. The van der Waals surface area contributed by atoms with Crippen LogP contribution in [0.2, 0.25) is 5.02 Å². The lowest BCUT2D eigenvalue weighted by Gasteiger charge is -2.31. The minimum atomic E-state index is -0.510. The molecule has 0 bridgehead atoms. The number of aryl methyl sites for hydroxylation is 1. The summed E-state index contributed by atoms with van der Waals surface area (Å²) >= 11 is 7.71. The molecular weight excluding hydrogens is 489 g/mol. The van der Waals surface area contributed by atoms with Gasteiger partial charge in [0.05, 0.1) is 17.2 Å². The summed E-state index contributed by atoms with van der Waals surface area (Å²) in [4.78, 5) is 19.4. The Kier molecular flexibility index (Phi) is 7.06. The van der Waals surface area contributed by atoms with E-state index in [0.29, 0.717) is 48.3 Å². The summed E-state index contributed by atoms with van der Waals surface area (Å²) in [5.74, 6) is 0.126. The van der Waals surface area contributed by atoms with Crippen molar-refractivity contribution in [1.82, 2.24) is 14.3 Å². The van der Waals surface area contributed by atoms with Crippen LogP contribution in [0.1, 0.15) is 16.1 Å². The van der Waals surface area contributed by atoms with Gasteiger partial charge >= 0.3 is 0 Å². The molecule has 3 heterocycles. The van der Waals surface area contributed by atoms with Crippen molar-refractivity contribution in [3.05, 3.63) is 77.0 Å². The highest BCUT2D eigenvalue weighted by Crippen LogP contribution is 2.36. The van der Waals surface area contributed by atoms with E-state index in [1.807, 2.05) is 37.3 Å². The van der Waals surface area contributed by atoms with Crippen LogP contribution in [0.15, 0.2) is 59.6 Å². The van der Waals surface area contributed by atoms with E-state index in [9.17, 15) is 9.18 Å². The van der Waals surface area contributed by atoms with Gasteiger partial charge in [-0.3, -0.25) is 4.79 Å². The van der Waals surface area contributed by atoms with Crippen LogP contribution < -0.4 is 4.74 Å². The number of aldehydes is 1. The molecule has 1 saturated heterocycles. The lowest BCUT2D eigenvalue weighted by Crippen LogP contribution is -2.41. The van der Waals surface area contributed by atoms with E-state index in [2.05, 4.69) is 14.3 Å². The van der Waals surface area contributed by atoms with Crippen molar-refractivity contribution in [3.63, 3.8) is 0 Å². The Morgan fingerprint density at radius 1 is 1.29 bits per heavy atom. The highest BCUT2D eigenvalue weighted by molar-refractivity contribution is 7.97. The van der Waals surface area contributed by atoms with E-state index in [1.54, 1.807) is 18.2 Å². The number of nitrogens with zero attached hydrogens (tertiary/aromatic N) is 2. The number of carbonyl (C=O) groups is 1. The molecule has 1 N–H and O–H groups in total. The summed E-state index contributed by atoms with van der Waals surface area (Å²) < 4.78 is 28.3. The van der Waals surface area contributed by atoms with Crippen LogP contribution in [0.5, 0.6) is 5.75 Å². The molecule has 0 amide bonds. The predicted octanol–water partition coefficient (Wildman–Crippen LogP) is 5.93. The number of pyridine rings is 1. The fraction of sp³-hybridized carbons (Fsp3) is 0.231. The number of aromatic nitrogens is 2. The number of rotatable bonds is 7. The van der Waals surface area contributed by atoms with Crippen LogP contribution in [0.25, 0.3) is 22.0 Å². The molecule has 0 spiro atoms. The molecular formula is C26H23ClFN3O3S. The second-order valence-corrected chi connectivity index (χ2v) is 9.82. The Labute approximate surface area is 211 Å². The average Bonchev–Trinajstić information content (AvgIpc) is 3.21. The van der Waals surface area contributed by atoms with Crippen LogP contribution >= 0.6 is 23.5 Å². The molecule has 9 heteroatoms. The molecule has 35 heavy (non-hydrogen) atoms. The van der Waals surface area contributed by atoms with Crippen molar-refractivity contribution in [1.29, 1.82) is 0 Å². The fourth-order valence-electron chi connectivity index (χ4n) is 4.10. The Bertz CT molecular complexity index is 1380. The van der Waals surface area contributed by atoms with Crippen molar-refractivity contribution in [2.75, 3.05) is 26.3 Å². The molecule has 0 saturated carbocycles. The van der Waals surface area contributed by atoms with Crippen LogP contribution in [0, 0.1) is 12.9 Å². The first-order valence-corrected chi connectivity index (χ1v) is 12.3. The first kappa shape index (κ1) is 23.8. The number of aromatic amines is 1. The smallest absolute Gasteiger partial charge is 0.220 e. The maximum Gasteiger partial charge on any atom is 0.220 e. The first-order chi connectivity index (χ1) is 17.0. The molecule has 0 aliphatic carbocycles. The van der Waals surface area contributed by atoms with Gasteiger partial charge in [-0.05, 0) is 72.5 Å². The average molecular weight is 512 g/mol. The summed E-state index contributed by atoms with van der Waals surface area (Å²) in [5.41, 5.74) is 3.52. The molecule has 1 aliphatic rings. The highest BCUT2D eigenvalue weighted by Gasteiger charge is 2.24. The number of hydrogen-bond acceptors (Lipinski definition) is 6. The van der Waals surface area contributed by atoms with Gasteiger partial charge in [0.25, 0.3) is 0 Å². The van der Waals surface area contributed by atoms with Gasteiger partial charge < -0.3 is 14.5 Å². The van der Waals surface area contributed by atoms with Crippen molar-refractivity contribution in [2.45, 2.75) is 17.9 Å². The van der Waals surface area contributed by atoms with Gasteiger partial charge in [-0.2, -0.15) is 4.39 Å². The zero-order chi connectivity index (χ0) is 24.4. The molecule has 1 unspecified atom stereocenters. The van der Waals surface area contributed by atoms with Crippen LogP contribution in [-0.2, 0) is 4.74 Å². The minimum absolute atomic E-state index is 0.162. The lowest BCUT2D eigenvalue weighted by atomic mass is 10.0. The summed E-state index contributed by atoms with van der Waals surface area (Å²) in [6, 6.07) is 14.6. The second kappa shape index (κ2) is 10.4. The van der Waals surface area contributed by atoms with E-state index in [0.717, 1.165) is 33.2 Å². The van der Waals surface area contributed by atoms with Gasteiger partial charge in [-0.15, -0.1) is 0 Å². The molecule has 1 fully saturated rings. The van der Waals surface area contributed by atoms with Crippen molar-refractivity contribution < 1.29 is 18.7 Å². The largest absolute Gasteiger partial charge is 0.491 e. The predicted molar refractivity (Wildman–Crippen MR) is 136 cm³/mol. The molecule has 6 nitrogen and oxygen atoms in total. The van der Waals surface area contributed by atoms with Gasteiger partial charge in [0.15, 0.2) is 6.29 Å². The summed E-state index contributed by atoms with van der Waals surface area (Å²) in [5, 5.41) is 1.53. The third-order valence-electron chi connectivity index (χ3n) is 5.87. The van der Waals surface area contributed by atoms with Crippen LogP contribution in [0.3, 0.4) is 0 Å². The fourth-order valence-corrected chi connectivity index (χ4v) is 5.41. The SMILES string of the molecule is Cc1ccc(OCC2CN(Sc3c(C=O)[nH]c4ccc(Cl)cc34)CCO2)cc1-c1cccnc1F. The number of morpholine rings is 1. The number of benzene rings is 2. The molecule has 2 aromatic heterocycles. The molecule has 180 valence electrons. The molecule has 4 aromatic rings. The molecule has 5 rings (SSSR count). The number of carbonyl (C=O) groups excluding carboxylic acids is 1. The lowest BCUT2D eigenvalue weighted by molar-refractivity contribution is -0.0224. The quantitative estimate of drug-likeness (QED) is 0.188. The first-order valence-electron chi connectivity index (χ1n) is 11.2. The number of hydrogen-bond donors (Lipinski definition) is 1. The van der Waals surface area contributed by atoms with E-state index < -0.39 is 5.95 Å². The summed E-state index contributed by atoms with van der Waals surface area (Å²) in [7, 11) is 0. The highest BCUT2D eigenvalue weighted by atomic mass is 35.5. The number of ether oxygens (including phenoxy) is 2. The molecule has 1 aliphatic heterocycles. The monoisotopic (exact) mass is 511 g/mol. The van der Waals surface area contributed by atoms with Crippen LogP contribution in [0.4, 0.5) is 4.39 Å². The standard InChI is InChI=1S/C26H23ClFN3O3S/c1-16-4-6-18(12-21(16)20-3-2-8-29-26(20)28)34-15-19-13-31(9-10-33-19)35-25-22-11-17(27)5-7-23(22)30-24(25)14-32/h2-8,11-12,14,19,30H,9-10,13,15H2,1H3. The van der Waals surface area contributed by atoms with Crippen molar-refractivity contribution in [3.8, 4) is 16.9 Å². The van der Waals surface area contributed by atoms with Gasteiger partial charge in [0.1, 0.15) is 18.5 Å². The van der Waals surface area contributed by atoms with Crippen molar-refractivity contribution >= 4 is 40.7 Å². The molecule has 2 aromatic carbocycles. The third kappa shape index (κ3) is 5.21. The van der Waals surface area contributed by atoms with Crippen molar-refractivity contribution in [2.24, 2.45) is 0 Å². The topological polar surface area (TPSA) is 67.5 Å². The van der Waals surface area contributed by atoms with E-state index >= 15 is 0 Å². The Hall–Kier alpha value is -2.91. The van der Waals surface area contributed by atoms with Crippen LogP contribution in [-0.4, -0.2) is 53.0 Å². The Morgan fingerprint density at radius 2 is 2.17 bits per heavy atom. The van der Waals surface area contributed by atoms with E-state index in [-0.39, 0.29) is 6.10 Å². The number of nitrogens with one attached hydrogen (secondary N) is 1. The zero-order valence-electron chi connectivity index (χ0n) is 19.0. The van der Waals surface area contributed by atoms with E-state index in [4.69, 9.17) is 21.1 Å². The van der Waals surface area contributed by atoms with E-state index in [1.165, 1.54) is 18.1 Å². The minimum Gasteiger partial charge on any atom is -0.491 e. The Morgan fingerprint density at radius 3 is 3.00 bits per heavy atom. The maximum atomic E-state index is 14.2. The number of fused-ring (bicyclic) bond motifs is 1. The molecule has 0 radical (unpaired) electrons. The summed E-state index contributed by atoms with van der Waals surface area (Å²) in [6.45, 7) is 4.14. The Balaban J connectivity index is 1.27. The zero-order valence-corrected chi connectivity index (χ0v) is 20.5. The van der Waals surface area contributed by atoms with Gasteiger partial charge in [0.2, 0.25) is 5.95 Å². The van der Waals surface area contributed by atoms with Gasteiger partial charge in [-0.25, -0.2) is 9.29 Å². The number of H-pyrrole nitrogens is 1. The number of halogens is 2. The maximum absolute atomic E-state index is 14.2. The second-order valence-electron chi connectivity index (χ2n) is 8.28.